The van der Waals surface area contributed by atoms with E-state index < -0.39 is 9.84 Å². The Kier molecular flexibility index (Phi) is 5.22. The van der Waals surface area contributed by atoms with Crippen molar-refractivity contribution in [1.82, 2.24) is 0 Å². The highest BCUT2D eigenvalue weighted by molar-refractivity contribution is 7.91. The van der Waals surface area contributed by atoms with Gasteiger partial charge in [0.1, 0.15) is 9.84 Å². The summed E-state index contributed by atoms with van der Waals surface area (Å²) < 4.78 is 23.5. The molecule has 0 bridgehead atoms. The van der Waals surface area contributed by atoms with Crippen molar-refractivity contribution in [3.8, 4) is 0 Å². The number of sulfone groups is 1. The van der Waals surface area contributed by atoms with Crippen LogP contribution in [-0.4, -0.2) is 26.5 Å². The fourth-order valence-corrected chi connectivity index (χ4v) is 4.56. The summed E-state index contributed by atoms with van der Waals surface area (Å²) in [6, 6.07) is 10.3. The monoisotopic (exact) mass is 295 g/mol. The molecule has 20 heavy (non-hydrogen) atoms. The van der Waals surface area contributed by atoms with Crippen LogP contribution in [0, 0.1) is 5.92 Å². The normalized spacial score (nSPS) is 25.3. The third kappa shape index (κ3) is 4.06. The maximum atomic E-state index is 11.7. The molecule has 2 rings (SSSR count). The van der Waals surface area contributed by atoms with Crippen molar-refractivity contribution in [3.05, 3.63) is 35.9 Å². The van der Waals surface area contributed by atoms with Gasteiger partial charge in [-0.3, -0.25) is 0 Å². The van der Waals surface area contributed by atoms with Crippen molar-refractivity contribution < 1.29 is 8.42 Å². The Morgan fingerprint density at radius 1 is 1.25 bits per heavy atom. The maximum absolute atomic E-state index is 11.7. The lowest BCUT2D eigenvalue weighted by molar-refractivity contribution is 0.319. The van der Waals surface area contributed by atoms with Gasteiger partial charge in [-0.25, -0.2) is 8.42 Å². The van der Waals surface area contributed by atoms with Crippen LogP contribution in [0.3, 0.4) is 0 Å². The Bertz CT molecular complexity index is 513. The van der Waals surface area contributed by atoms with Crippen LogP contribution in [0.25, 0.3) is 0 Å². The molecule has 1 aliphatic carbocycles. The van der Waals surface area contributed by atoms with Crippen LogP contribution in [0.1, 0.15) is 43.6 Å². The van der Waals surface area contributed by atoms with Crippen LogP contribution in [0.2, 0.25) is 0 Å². The summed E-state index contributed by atoms with van der Waals surface area (Å²) >= 11 is 0. The van der Waals surface area contributed by atoms with Gasteiger partial charge >= 0.3 is 0 Å². The fraction of sp³-hybridized carbons (Fsp3) is 0.625. The number of nitrogens with two attached hydrogens (primary N) is 1. The molecular formula is C16H25NO2S. The predicted molar refractivity (Wildman–Crippen MR) is 83.4 cm³/mol. The second-order valence-corrected chi connectivity index (χ2v) is 8.39. The third-order valence-electron chi connectivity index (χ3n) is 4.51. The Morgan fingerprint density at radius 2 is 1.95 bits per heavy atom. The molecule has 0 radical (unpaired) electrons. The number of hydrogen-bond donors (Lipinski definition) is 1. The Morgan fingerprint density at radius 3 is 2.55 bits per heavy atom. The van der Waals surface area contributed by atoms with Gasteiger partial charge in [0.15, 0.2) is 0 Å². The number of hydrogen-bond acceptors (Lipinski definition) is 3. The van der Waals surface area contributed by atoms with Crippen LogP contribution in [-0.2, 0) is 9.84 Å². The van der Waals surface area contributed by atoms with E-state index in [4.69, 9.17) is 5.73 Å². The van der Waals surface area contributed by atoms with Gasteiger partial charge in [0.25, 0.3) is 0 Å². The molecule has 0 spiro atoms. The maximum Gasteiger partial charge on any atom is 0.150 e. The zero-order chi connectivity index (χ0) is 14.6. The van der Waals surface area contributed by atoms with Crippen molar-refractivity contribution in [1.29, 1.82) is 0 Å². The van der Waals surface area contributed by atoms with Gasteiger partial charge in [-0.15, -0.1) is 0 Å². The van der Waals surface area contributed by atoms with Gasteiger partial charge in [0.05, 0.1) is 5.25 Å². The summed E-state index contributed by atoms with van der Waals surface area (Å²) in [6.07, 6.45) is 6.17. The molecule has 3 unspecified atom stereocenters. The third-order valence-corrected chi connectivity index (χ3v) is 6.15. The van der Waals surface area contributed by atoms with Gasteiger partial charge in [0.2, 0.25) is 0 Å². The molecule has 1 saturated carbocycles. The molecule has 3 nitrogen and oxygen atoms in total. The van der Waals surface area contributed by atoms with Gasteiger partial charge in [0, 0.05) is 6.26 Å². The molecule has 1 fully saturated rings. The minimum absolute atomic E-state index is 0.143. The molecule has 0 heterocycles. The van der Waals surface area contributed by atoms with Gasteiger partial charge in [-0.2, -0.15) is 0 Å². The fourth-order valence-electron chi connectivity index (χ4n) is 3.34. The highest BCUT2D eigenvalue weighted by Gasteiger charge is 2.30. The molecule has 1 aromatic carbocycles. The van der Waals surface area contributed by atoms with Crippen LogP contribution in [0.15, 0.2) is 30.3 Å². The molecule has 1 aromatic rings. The standard InChI is InChI=1S/C16H25NO2S/c1-20(18,19)16-9-5-6-13(11-16)10-15(12-17)14-7-3-2-4-8-14/h2-4,7-8,13,15-16H,5-6,9-12,17H2,1H3. The first-order valence-electron chi connectivity index (χ1n) is 7.44. The van der Waals surface area contributed by atoms with Crippen molar-refractivity contribution in [2.75, 3.05) is 12.8 Å². The average Bonchev–Trinajstić information content (AvgIpc) is 2.45. The first-order valence-corrected chi connectivity index (χ1v) is 9.40. The van der Waals surface area contributed by atoms with Gasteiger partial charge in [-0.05, 0) is 43.2 Å². The van der Waals surface area contributed by atoms with E-state index in [1.165, 1.54) is 11.8 Å². The second kappa shape index (κ2) is 6.72. The van der Waals surface area contributed by atoms with E-state index in [1.54, 1.807) is 0 Å². The first-order chi connectivity index (χ1) is 9.50. The largest absolute Gasteiger partial charge is 0.330 e. The summed E-state index contributed by atoms with van der Waals surface area (Å²) in [5.74, 6) is 0.830. The molecule has 0 aromatic heterocycles. The topological polar surface area (TPSA) is 60.2 Å². The molecule has 4 heteroatoms. The molecule has 112 valence electrons. The Balaban J connectivity index is 2.01. The molecule has 0 aliphatic heterocycles. The summed E-state index contributed by atoms with van der Waals surface area (Å²) in [7, 11) is -2.90. The number of rotatable bonds is 5. The van der Waals surface area contributed by atoms with Crippen LogP contribution >= 0.6 is 0 Å². The van der Waals surface area contributed by atoms with E-state index in [2.05, 4.69) is 12.1 Å². The summed E-state index contributed by atoms with van der Waals surface area (Å²) in [6.45, 7) is 0.629. The first kappa shape index (κ1) is 15.5. The van der Waals surface area contributed by atoms with E-state index >= 15 is 0 Å². The lowest BCUT2D eigenvalue weighted by Crippen LogP contribution is -2.29. The Hall–Kier alpha value is -0.870. The molecule has 0 amide bonds. The van der Waals surface area contributed by atoms with Gasteiger partial charge in [-0.1, -0.05) is 43.2 Å². The predicted octanol–water partition coefficient (Wildman–Crippen LogP) is 2.72. The lowest BCUT2D eigenvalue weighted by atomic mass is 9.80. The summed E-state index contributed by atoms with van der Waals surface area (Å²) in [5.41, 5.74) is 7.20. The van der Waals surface area contributed by atoms with Crippen molar-refractivity contribution in [2.24, 2.45) is 11.7 Å². The summed E-state index contributed by atoms with van der Waals surface area (Å²) in [4.78, 5) is 0. The molecule has 3 atom stereocenters. The highest BCUT2D eigenvalue weighted by Crippen LogP contribution is 2.35. The van der Waals surface area contributed by atoms with E-state index in [1.807, 2.05) is 18.2 Å². The van der Waals surface area contributed by atoms with Crippen LogP contribution in [0.5, 0.6) is 0 Å². The van der Waals surface area contributed by atoms with Crippen molar-refractivity contribution >= 4 is 9.84 Å². The smallest absolute Gasteiger partial charge is 0.150 e. The minimum atomic E-state index is -2.90. The molecule has 2 N–H and O–H groups in total. The average molecular weight is 295 g/mol. The second-order valence-electron chi connectivity index (χ2n) is 6.06. The van der Waals surface area contributed by atoms with Gasteiger partial charge < -0.3 is 5.73 Å². The summed E-state index contributed by atoms with van der Waals surface area (Å²) in [5, 5.41) is -0.143. The van der Waals surface area contributed by atoms with Crippen molar-refractivity contribution in [3.63, 3.8) is 0 Å². The quantitative estimate of drug-likeness (QED) is 0.908. The van der Waals surface area contributed by atoms with Crippen LogP contribution < -0.4 is 5.73 Å². The minimum Gasteiger partial charge on any atom is -0.330 e. The van der Waals surface area contributed by atoms with Crippen LogP contribution in [0.4, 0.5) is 0 Å². The zero-order valence-corrected chi connectivity index (χ0v) is 13.0. The van der Waals surface area contributed by atoms with E-state index in [0.29, 0.717) is 18.4 Å². The zero-order valence-electron chi connectivity index (χ0n) is 12.2. The van der Waals surface area contributed by atoms with E-state index in [0.717, 1.165) is 32.1 Å². The van der Waals surface area contributed by atoms with E-state index in [-0.39, 0.29) is 5.25 Å². The number of benzene rings is 1. The van der Waals surface area contributed by atoms with E-state index in [9.17, 15) is 8.42 Å². The molecule has 0 saturated heterocycles. The SMILES string of the molecule is CS(=O)(=O)C1CCCC(CC(CN)c2ccccc2)C1. The highest BCUT2D eigenvalue weighted by atomic mass is 32.2. The Labute approximate surface area is 122 Å². The molecular weight excluding hydrogens is 270 g/mol. The lowest BCUT2D eigenvalue weighted by Gasteiger charge is -2.30. The van der Waals surface area contributed by atoms with Crippen molar-refractivity contribution in [2.45, 2.75) is 43.3 Å². The molecule has 1 aliphatic rings.